The minimum absolute atomic E-state index is 0.247. The molecule has 0 saturated heterocycles. The van der Waals surface area contributed by atoms with Gasteiger partial charge in [0.1, 0.15) is 5.82 Å². The van der Waals surface area contributed by atoms with Crippen LogP contribution in [0.5, 0.6) is 0 Å². The zero-order valence-electron chi connectivity index (χ0n) is 10.9. The molecular formula is C15H14BrFN2O. The lowest BCUT2D eigenvalue weighted by atomic mass is 10.1. The standard InChI is InChI=1S/C15H14BrFN2O/c1-2-19(12-5-3-4-11(17)9-12)15(20)13-7-6-10(16)8-14(13)18/h3-9H,2,18H2,1H3. The van der Waals surface area contributed by atoms with Crippen LogP contribution >= 0.6 is 15.9 Å². The number of halogens is 2. The number of nitrogens with zero attached hydrogens (tertiary/aromatic N) is 1. The lowest BCUT2D eigenvalue weighted by molar-refractivity contribution is 0.0989. The van der Waals surface area contributed by atoms with Crippen molar-refractivity contribution in [1.29, 1.82) is 0 Å². The highest BCUT2D eigenvalue weighted by Gasteiger charge is 2.18. The SMILES string of the molecule is CCN(C(=O)c1ccc(Br)cc1N)c1cccc(F)c1. The topological polar surface area (TPSA) is 46.3 Å². The quantitative estimate of drug-likeness (QED) is 0.865. The van der Waals surface area contributed by atoms with Gasteiger partial charge in [-0.2, -0.15) is 0 Å². The molecule has 0 aromatic heterocycles. The number of rotatable bonds is 3. The Morgan fingerprint density at radius 2 is 2.05 bits per heavy atom. The Hall–Kier alpha value is -1.88. The Morgan fingerprint density at radius 3 is 2.65 bits per heavy atom. The van der Waals surface area contributed by atoms with Gasteiger partial charge in [-0.25, -0.2) is 4.39 Å². The summed E-state index contributed by atoms with van der Waals surface area (Å²) in [5.41, 5.74) is 7.18. The first kappa shape index (κ1) is 14.5. The maximum absolute atomic E-state index is 13.3. The molecule has 0 heterocycles. The van der Waals surface area contributed by atoms with E-state index in [0.717, 1.165) is 4.47 Å². The van der Waals surface area contributed by atoms with Gasteiger partial charge in [0.05, 0.1) is 5.56 Å². The number of carbonyl (C=O) groups excluding carboxylic acids is 1. The van der Waals surface area contributed by atoms with E-state index in [2.05, 4.69) is 15.9 Å². The van der Waals surface area contributed by atoms with Crippen LogP contribution in [0.4, 0.5) is 15.8 Å². The highest BCUT2D eigenvalue weighted by molar-refractivity contribution is 9.10. The van der Waals surface area contributed by atoms with Gasteiger partial charge in [0.25, 0.3) is 5.91 Å². The third-order valence-corrected chi connectivity index (χ3v) is 3.42. The summed E-state index contributed by atoms with van der Waals surface area (Å²) < 4.78 is 14.1. The number of amides is 1. The average molecular weight is 337 g/mol. The van der Waals surface area contributed by atoms with Crippen molar-refractivity contribution in [1.82, 2.24) is 0 Å². The van der Waals surface area contributed by atoms with E-state index in [1.165, 1.54) is 17.0 Å². The summed E-state index contributed by atoms with van der Waals surface area (Å²) in [7, 11) is 0. The average Bonchev–Trinajstić information content (AvgIpc) is 2.39. The van der Waals surface area contributed by atoms with E-state index in [9.17, 15) is 9.18 Å². The van der Waals surface area contributed by atoms with E-state index in [1.807, 2.05) is 6.92 Å². The molecule has 20 heavy (non-hydrogen) atoms. The van der Waals surface area contributed by atoms with Crippen molar-refractivity contribution in [3.8, 4) is 0 Å². The van der Waals surface area contributed by atoms with Crippen LogP contribution in [-0.2, 0) is 0 Å². The highest BCUT2D eigenvalue weighted by Crippen LogP contribution is 2.23. The number of hydrogen-bond acceptors (Lipinski definition) is 2. The summed E-state index contributed by atoms with van der Waals surface area (Å²) in [4.78, 5) is 14.0. The van der Waals surface area contributed by atoms with Gasteiger partial charge in [0, 0.05) is 22.4 Å². The number of anilines is 2. The second kappa shape index (κ2) is 6.05. The maximum Gasteiger partial charge on any atom is 0.260 e. The van der Waals surface area contributed by atoms with Crippen molar-refractivity contribution in [3.63, 3.8) is 0 Å². The molecule has 2 rings (SSSR count). The van der Waals surface area contributed by atoms with Gasteiger partial charge < -0.3 is 10.6 Å². The first-order valence-corrected chi connectivity index (χ1v) is 6.94. The first-order chi connectivity index (χ1) is 9.52. The molecule has 0 bridgehead atoms. The van der Waals surface area contributed by atoms with Crippen molar-refractivity contribution in [2.24, 2.45) is 0 Å². The minimum atomic E-state index is -0.377. The van der Waals surface area contributed by atoms with E-state index in [0.29, 0.717) is 23.5 Å². The molecular weight excluding hydrogens is 323 g/mol. The van der Waals surface area contributed by atoms with Crippen LogP contribution in [0.25, 0.3) is 0 Å². The van der Waals surface area contributed by atoms with E-state index >= 15 is 0 Å². The zero-order chi connectivity index (χ0) is 14.7. The molecule has 3 nitrogen and oxygen atoms in total. The summed E-state index contributed by atoms with van der Waals surface area (Å²) in [5, 5.41) is 0. The van der Waals surface area contributed by atoms with Gasteiger partial charge in [-0.1, -0.05) is 22.0 Å². The first-order valence-electron chi connectivity index (χ1n) is 6.15. The van der Waals surface area contributed by atoms with E-state index in [1.54, 1.807) is 30.3 Å². The summed E-state index contributed by atoms with van der Waals surface area (Å²) in [6.07, 6.45) is 0. The van der Waals surface area contributed by atoms with Crippen molar-refractivity contribution in [2.75, 3.05) is 17.2 Å². The van der Waals surface area contributed by atoms with Crippen LogP contribution < -0.4 is 10.6 Å². The van der Waals surface area contributed by atoms with Gasteiger partial charge in [-0.15, -0.1) is 0 Å². The Balaban J connectivity index is 2.39. The number of nitrogen functional groups attached to an aromatic ring is 1. The van der Waals surface area contributed by atoms with Crippen molar-refractivity contribution in [3.05, 3.63) is 58.3 Å². The summed E-state index contributed by atoms with van der Waals surface area (Å²) >= 11 is 3.30. The largest absolute Gasteiger partial charge is 0.398 e. The summed E-state index contributed by atoms with van der Waals surface area (Å²) in [5.74, 6) is -0.624. The van der Waals surface area contributed by atoms with Crippen LogP contribution in [0.3, 0.4) is 0 Å². The Kier molecular flexibility index (Phi) is 4.39. The van der Waals surface area contributed by atoms with E-state index in [-0.39, 0.29) is 11.7 Å². The molecule has 0 aliphatic carbocycles. The zero-order valence-corrected chi connectivity index (χ0v) is 12.5. The third-order valence-electron chi connectivity index (χ3n) is 2.93. The molecule has 2 aromatic rings. The molecule has 2 N–H and O–H groups in total. The Bertz CT molecular complexity index is 646. The molecule has 0 atom stereocenters. The van der Waals surface area contributed by atoms with Gasteiger partial charge >= 0.3 is 0 Å². The van der Waals surface area contributed by atoms with E-state index < -0.39 is 0 Å². The van der Waals surface area contributed by atoms with Crippen LogP contribution in [0, 0.1) is 5.82 Å². The molecule has 0 fully saturated rings. The molecule has 2 aromatic carbocycles. The van der Waals surface area contributed by atoms with Crippen molar-refractivity contribution >= 4 is 33.2 Å². The second-order valence-electron chi connectivity index (χ2n) is 4.26. The summed E-state index contributed by atoms with van der Waals surface area (Å²) in [6.45, 7) is 2.26. The highest BCUT2D eigenvalue weighted by atomic mass is 79.9. The molecule has 0 saturated carbocycles. The fourth-order valence-corrected chi connectivity index (χ4v) is 2.34. The number of nitrogens with two attached hydrogens (primary N) is 1. The summed E-state index contributed by atoms with van der Waals surface area (Å²) in [6, 6.07) is 11.0. The molecule has 0 spiro atoms. The van der Waals surface area contributed by atoms with Gasteiger partial charge in [-0.3, -0.25) is 4.79 Å². The molecule has 0 aliphatic heterocycles. The smallest absolute Gasteiger partial charge is 0.260 e. The molecule has 0 aliphatic rings. The lowest BCUT2D eigenvalue weighted by Crippen LogP contribution is -2.31. The predicted molar refractivity (Wildman–Crippen MR) is 82.3 cm³/mol. The van der Waals surface area contributed by atoms with Crippen LogP contribution in [0.15, 0.2) is 46.9 Å². The number of benzene rings is 2. The monoisotopic (exact) mass is 336 g/mol. The van der Waals surface area contributed by atoms with Crippen molar-refractivity contribution in [2.45, 2.75) is 6.92 Å². The normalized spacial score (nSPS) is 10.3. The molecule has 0 unspecified atom stereocenters. The van der Waals surface area contributed by atoms with Gasteiger partial charge in [0.15, 0.2) is 0 Å². The number of carbonyl (C=O) groups is 1. The predicted octanol–water partition coefficient (Wildman–Crippen LogP) is 3.84. The molecule has 0 radical (unpaired) electrons. The Labute approximate surface area is 125 Å². The molecule has 1 amide bonds. The molecule has 104 valence electrons. The minimum Gasteiger partial charge on any atom is -0.398 e. The third kappa shape index (κ3) is 2.99. The van der Waals surface area contributed by atoms with Gasteiger partial charge in [-0.05, 0) is 43.3 Å². The lowest BCUT2D eigenvalue weighted by Gasteiger charge is -2.22. The number of hydrogen-bond donors (Lipinski definition) is 1. The van der Waals surface area contributed by atoms with E-state index in [4.69, 9.17) is 5.73 Å². The van der Waals surface area contributed by atoms with Crippen LogP contribution in [0.2, 0.25) is 0 Å². The van der Waals surface area contributed by atoms with Gasteiger partial charge in [0.2, 0.25) is 0 Å². The Morgan fingerprint density at radius 1 is 1.30 bits per heavy atom. The maximum atomic E-state index is 13.3. The van der Waals surface area contributed by atoms with Crippen molar-refractivity contribution < 1.29 is 9.18 Å². The second-order valence-corrected chi connectivity index (χ2v) is 5.18. The fraction of sp³-hybridized carbons (Fsp3) is 0.133. The fourth-order valence-electron chi connectivity index (χ4n) is 1.96. The molecule has 5 heteroatoms. The van der Waals surface area contributed by atoms with Crippen LogP contribution in [-0.4, -0.2) is 12.5 Å². The van der Waals surface area contributed by atoms with Crippen LogP contribution in [0.1, 0.15) is 17.3 Å².